The van der Waals surface area contributed by atoms with Gasteiger partial charge < -0.3 is 10.4 Å². The van der Waals surface area contributed by atoms with Crippen molar-refractivity contribution in [1.29, 1.82) is 0 Å². The lowest BCUT2D eigenvalue weighted by molar-refractivity contribution is 0.281. The normalized spacial score (nSPS) is 19.7. The van der Waals surface area contributed by atoms with Crippen molar-refractivity contribution in [3.05, 3.63) is 34.1 Å². The maximum absolute atomic E-state index is 8.80. The van der Waals surface area contributed by atoms with Crippen LogP contribution in [0.15, 0.2) is 22.8 Å². The van der Waals surface area contributed by atoms with Crippen molar-refractivity contribution in [3.8, 4) is 0 Å². The number of pyridine rings is 1. The number of aryl methyl sites for hydroxylation is 1. The van der Waals surface area contributed by atoms with E-state index in [1.165, 1.54) is 11.1 Å². The minimum Gasteiger partial charge on any atom is -0.395 e. The first-order valence-corrected chi connectivity index (χ1v) is 7.16. The Kier molecular flexibility index (Phi) is 4.92. The van der Waals surface area contributed by atoms with Crippen LogP contribution in [-0.2, 0) is 0 Å². The minimum absolute atomic E-state index is 0.209. The number of aliphatic hydroxyl groups excluding tert-OH is 1. The first-order valence-electron chi connectivity index (χ1n) is 6.36. The highest BCUT2D eigenvalue weighted by molar-refractivity contribution is 9.10. The molecular weight excluding hydrogens is 292 g/mol. The summed E-state index contributed by atoms with van der Waals surface area (Å²) in [5.41, 5.74) is 3.69. The Morgan fingerprint density at radius 1 is 1.56 bits per heavy atom. The first-order chi connectivity index (χ1) is 8.70. The fraction of sp³-hybridized carbons (Fsp3) is 0.500. The van der Waals surface area contributed by atoms with Gasteiger partial charge >= 0.3 is 0 Å². The molecule has 0 aromatic carbocycles. The molecule has 0 amide bonds. The topological polar surface area (TPSA) is 45.2 Å². The summed E-state index contributed by atoms with van der Waals surface area (Å²) in [6.07, 6.45) is 7.33. The zero-order valence-electron chi connectivity index (χ0n) is 10.6. The van der Waals surface area contributed by atoms with E-state index in [-0.39, 0.29) is 6.61 Å². The van der Waals surface area contributed by atoms with E-state index in [4.69, 9.17) is 5.11 Å². The van der Waals surface area contributed by atoms with E-state index in [0.29, 0.717) is 12.6 Å². The van der Waals surface area contributed by atoms with Gasteiger partial charge in [0.15, 0.2) is 0 Å². The number of aromatic nitrogens is 1. The second-order valence-corrected chi connectivity index (χ2v) is 5.61. The molecule has 0 radical (unpaired) electrons. The SMILES string of the molecule is Cc1cc(Br)cnc1C1=CCC(NCCO)CC1. The summed E-state index contributed by atoms with van der Waals surface area (Å²) < 4.78 is 1.03. The highest BCUT2D eigenvalue weighted by Crippen LogP contribution is 2.28. The van der Waals surface area contributed by atoms with Crippen LogP contribution in [0.3, 0.4) is 0 Å². The van der Waals surface area contributed by atoms with Crippen LogP contribution in [0.25, 0.3) is 5.57 Å². The molecule has 1 atom stereocenters. The van der Waals surface area contributed by atoms with Gasteiger partial charge in [-0.2, -0.15) is 0 Å². The standard InChI is InChI=1S/C14H19BrN2O/c1-10-8-12(15)9-17-14(10)11-2-4-13(5-3-11)16-6-7-18/h2,8-9,13,16,18H,3-7H2,1H3. The van der Waals surface area contributed by atoms with Crippen molar-refractivity contribution in [3.63, 3.8) is 0 Å². The summed E-state index contributed by atoms with van der Waals surface area (Å²) in [4.78, 5) is 4.51. The number of nitrogens with zero attached hydrogens (tertiary/aromatic N) is 1. The summed E-state index contributed by atoms with van der Waals surface area (Å²) in [6, 6.07) is 2.61. The van der Waals surface area contributed by atoms with Gasteiger partial charge in [-0.3, -0.25) is 4.98 Å². The van der Waals surface area contributed by atoms with Gasteiger partial charge in [0.2, 0.25) is 0 Å². The van der Waals surface area contributed by atoms with Gasteiger partial charge in [0, 0.05) is 23.3 Å². The Balaban J connectivity index is 2.05. The van der Waals surface area contributed by atoms with Gasteiger partial charge in [0.05, 0.1) is 12.3 Å². The van der Waals surface area contributed by atoms with E-state index in [0.717, 1.165) is 29.4 Å². The Labute approximate surface area is 116 Å². The molecule has 1 unspecified atom stereocenters. The highest BCUT2D eigenvalue weighted by Gasteiger charge is 2.16. The fourth-order valence-corrected chi connectivity index (χ4v) is 2.83. The maximum Gasteiger partial charge on any atom is 0.0688 e. The Hall–Kier alpha value is -0.710. The lowest BCUT2D eigenvalue weighted by Crippen LogP contribution is -2.32. The summed E-state index contributed by atoms with van der Waals surface area (Å²) in [5, 5.41) is 12.1. The monoisotopic (exact) mass is 310 g/mol. The minimum atomic E-state index is 0.209. The van der Waals surface area contributed by atoms with Crippen LogP contribution in [0.2, 0.25) is 0 Å². The van der Waals surface area contributed by atoms with Crippen LogP contribution in [-0.4, -0.2) is 29.3 Å². The van der Waals surface area contributed by atoms with Crippen molar-refractivity contribution in [2.24, 2.45) is 0 Å². The number of aliphatic hydroxyl groups is 1. The van der Waals surface area contributed by atoms with Crippen molar-refractivity contribution >= 4 is 21.5 Å². The van der Waals surface area contributed by atoms with E-state index >= 15 is 0 Å². The molecule has 0 fully saturated rings. The third kappa shape index (κ3) is 3.40. The van der Waals surface area contributed by atoms with Crippen LogP contribution in [0.4, 0.5) is 0 Å². The Morgan fingerprint density at radius 3 is 3.00 bits per heavy atom. The summed E-state index contributed by atoms with van der Waals surface area (Å²) in [6.45, 7) is 2.99. The molecule has 1 aromatic rings. The summed E-state index contributed by atoms with van der Waals surface area (Å²) in [7, 11) is 0. The molecule has 2 rings (SSSR count). The maximum atomic E-state index is 8.80. The lowest BCUT2D eigenvalue weighted by Gasteiger charge is -2.23. The van der Waals surface area contributed by atoms with E-state index in [1.54, 1.807) is 0 Å². The van der Waals surface area contributed by atoms with E-state index in [2.05, 4.69) is 45.3 Å². The molecule has 0 aliphatic heterocycles. The predicted octanol–water partition coefficient (Wildman–Crippen LogP) is 2.67. The third-order valence-corrected chi connectivity index (χ3v) is 3.74. The molecular formula is C14H19BrN2O. The van der Waals surface area contributed by atoms with Crippen LogP contribution < -0.4 is 5.32 Å². The Bertz CT molecular complexity index is 445. The van der Waals surface area contributed by atoms with Gasteiger partial charge in [0.1, 0.15) is 0 Å². The molecule has 4 heteroatoms. The molecule has 1 aromatic heterocycles. The first kappa shape index (κ1) is 13.7. The molecule has 18 heavy (non-hydrogen) atoms. The van der Waals surface area contributed by atoms with Gasteiger partial charge in [-0.25, -0.2) is 0 Å². The molecule has 1 heterocycles. The van der Waals surface area contributed by atoms with E-state index < -0.39 is 0 Å². The van der Waals surface area contributed by atoms with E-state index in [9.17, 15) is 0 Å². The molecule has 98 valence electrons. The van der Waals surface area contributed by atoms with E-state index in [1.807, 2.05) is 6.20 Å². The Morgan fingerprint density at radius 2 is 2.39 bits per heavy atom. The molecule has 0 saturated carbocycles. The van der Waals surface area contributed by atoms with Crippen LogP contribution in [0.1, 0.15) is 30.5 Å². The second kappa shape index (κ2) is 6.45. The average Bonchev–Trinajstić information content (AvgIpc) is 2.37. The largest absolute Gasteiger partial charge is 0.395 e. The molecule has 1 aliphatic rings. The van der Waals surface area contributed by atoms with Crippen molar-refractivity contribution in [2.45, 2.75) is 32.2 Å². The van der Waals surface area contributed by atoms with Crippen molar-refractivity contribution < 1.29 is 5.11 Å². The van der Waals surface area contributed by atoms with Crippen molar-refractivity contribution in [2.75, 3.05) is 13.2 Å². The molecule has 0 saturated heterocycles. The molecule has 0 bridgehead atoms. The number of hydrogen-bond donors (Lipinski definition) is 2. The smallest absolute Gasteiger partial charge is 0.0688 e. The van der Waals surface area contributed by atoms with Crippen LogP contribution >= 0.6 is 15.9 Å². The zero-order valence-corrected chi connectivity index (χ0v) is 12.2. The second-order valence-electron chi connectivity index (χ2n) is 4.70. The number of allylic oxidation sites excluding steroid dienone is 1. The fourth-order valence-electron chi connectivity index (χ4n) is 2.38. The zero-order chi connectivity index (χ0) is 13.0. The molecule has 2 N–H and O–H groups in total. The summed E-state index contributed by atoms with van der Waals surface area (Å²) in [5.74, 6) is 0. The highest BCUT2D eigenvalue weighted by atomic mass is 79.9. The average molecular weight is 311 g/mol. The number of rotatable bonds is 4. The lowest BCUT2D eigenvalue weighted by atomic mass is 9.91. The third-order valence-electron chi connectivity index (χ3n) is 3.30. The van der Waals surface area contributed by atoms with Gasteiger partial charge in [-0.15, -0.1) is 0 Å². The van der Waals surface area contributed by atoms with Gasteiger partial charge in [0.25, 0.3) is 0 Å². The summed E-state index contributed by atoms with van der Waals surface area (Å²) >= 11 is 3.44. The number of nitrogens with one attached hydrogen (secondary N) is 1. The molecule has 0 spiro atoms. The molecule has 3 nitrogen and oxygen atoms in total. The predicted molar refractivity (Wildman–Crippen MR) is 77.4 cm³/mol. The quantitative estimate of drug-likeness (QED) is 0.898. The van der Waals surface area contributed by atoms with Crippen LogP contribution in [0.5, 0.6) is 0 Å². The number of hydrogen-bond acceptors (Lipinski definition) is 3. The van der Waals surface area contributed by atoms with Crippen LogP contribution in [0, 0.1) is 6.92 Å². The van der Waals surface area contributed by atoms with Gasteiger partial charge in [-0.05, 0) is 59.3 Å². The molecule has 1 aliphatic carbocycles. The van der Waals surface area contributed by atoms with Gasteiger partial charge in [-0.1, -0.05) is 6.08 Å². The van der Waals surface area contributed by atoms with Crippen molar-refractivity contribution in [1.82, 2.24) is 10.3 Å². The number of halogens is 1.